The third kappa shape index (κ3) is 4.84. The van der Waals surface area contributed by atoms with Crippen LogP contribution in [0.15, 0.2) is 18.2 Å². The van der Waals surface area contributed by atoms with E-state index in [0.717, 1.165) is 25.1 Å². The van der Waals surface area contributed by atoms with Gasteiger partial charge in [-0.1, -0.05) is 43.1 Å². The fraction of sp³-hybridized carbons (Fsp3) is 0.538. The molecule has 17 heavy (non-hydrogen) atoms. The van der Waals surface area contributed by atoms with Crippen LogP contribution in [0.1, 0.15) is 31.9 Å². The number of likely N-dealkylation sites (N-methyl/N-ethyl adjacent to an activating group) is 1. The van der Waals surface area contributed by atoms with Crippen molar-refractivity contribution < 1.29 is 4.74 Å². The number of halogens is 2. The largest absolute Gasteiger partial charge is 0.379 e. The average molecular weight is 276 g/mol. The molecule has 0 saturated heterocycles. The number of ether oxygens (including phenoxy) is 1. The molecule has 1 aromatic carbocycles. The van der Waals surface area contributed by atoms with Crippen LogP contribution in [-0.2, 0) is 4.74 Å². The number of hydrogen-bond donors (Lipinski definition) is 1. The van der Waals surface area contributed by atoms with Gasteiger partial charge in [0.15, 0.2) is 0 Å². The first kappa shape index (κ1) is 14.8. The second-order valence-electron chi connectivity index (χ2n) is 3.85. The van der Waals surface area contributed by atoms with E-state index >= 15 is 0 Å². The van der Waals surface area contributed by atoms with Crippen LogP contribution >= 0.6 is 23.2 Å². The Hall–Kier alpha value is -0.280. The van der Waals surface area contributed by atoms with Gasteiger partial charge in [-0.2, -0.15) is 0 Å². The predicted molar refractivity (Wildman–Crippen MR) is 74.0 cm³/mol. The van der Waals surface area contributed by atoms with Crippen LogP contribution in [0.4, 0.5) is 0 Å². The Morgan fingerprint density at radius 2 is 2.06 bits per heavy atom. The molecule has 0 aliphatic heterocycles. The van der Waals surface area contributed by atoms with Crippen molar-refractivity contribution >= 4 is 23.2 Å². The fourth-order valence-electron chi connectivity index (χ4n) is 1.63. The Morgan fingerprint density at radius 3 is 2.65 bits per heavy atom. The molecule has 1 aromatic rings. The molecular weight excluding hydrogens is 257 g/mol. The molecule has 1 N–H and O–H groups in total. The van der Waals surface area contributed by atoms with Crippen molar-refractivity contribution in [1.82, 2.24) is 5.32 Å². The smallest absolute Gasteiger partial charge is 0.0662 e. The van der Waals surface area contributed by atoms with Gasteiger partial charge in [0.25, 0.3) is 0 Å². The Kier molecular flexibility index (Phi) is 6.90. The van der Waals surface area contributed by atoms with E-state index in [1.54, 1.807) is 6.07 Å². The highest BCUT2D eigenvalue weighted by atomic mass is 35.5. The summed E-state index contributed by atoms with van der Waals surface area (Å²) >= 11 is 12.1. The monoisotopic (exact) mass is 275 g/mol. The first-order valence-electron chi connectivity index (χ1n) is 5.95. The van der Waals surface area contributed by atoms with Gasteiger partial charge in [0.1, 0.15) is 0 Å². The molecule has 0 aliphatic carbocycles. The minimum absolute atomic E-state index is 0.122. The van der Waals surface area contributed by atoms with Crippen molar-refractivity contribution in [1.29, 1.82) is 0 Å². The van der Waals surface area contributed by atoms with E-state index in [9.17, 15) is 0 Å². The standard InChI is InChI=1S/C13H19Cl2NO/c1-3-7-17-9-13(16-4-2)11-6-5-10(14)8-12(11)15/h5-6,8,13,16H,3-4,7,9H2,1-2H3. The highest BCUT2D eigenvalue weighted by molar-refractivity contribution is 6.35. The topological polar surface area (TPSA) is 21.3 Å². The molecule has 4 heteroatoms. The van der Waals surface area contributed by atoms with Gasteiger partial charge in [0, 0.05) is 16.7 Å². The fourth-order valence-corrected chi connectivity index (χ4v) is 2.17. The number of hydrogen-bond acceptors (Lipinski definition) is 2. The quantitative estimate of drug-likeness (QED) is 0.758. The zero-order chi connectivity index (χ0) is 12.7. The van der Waals surface area contributed by atoms with Crippen molar-refractivity contribution in [3.63, 3.8) is 0 Å². The number of rotatable bonds is 7. The van der Waals surface area contributed by atoms with Gasteiger partial charge in [-0.05, 0) is 30.7 Å². The van der Waals surface area contributed by atoms with Crippen LogP contribution in [-0.4, -0.2) is 19.8 Å². The van der Waals surface area contributed by atoms with Crippen LogP contribution in [0, 0.1) is 0 Å². The zero-order valence-corrected chi connectivity index (χ0v) is 11.8. The summed E-state index contributed by atoms with van der Waals surface area (Å²) in [4.78, 5) is 0. The van der Waals surface area contributed by atoms with Crippen LogP contribution in [0.2, 0.25) is 10.0 Å². The van der Waals surface area contributed by atoms with Crippen LogP contribution in [0.25, 0.3) is 0 Å². The summed E-state index contributed by atoms with van der Waals surface area (Å²) in [7, 11) is 0. The van der Waals surface area contributed by atoms with Gasteiger partial charge in [-0.15, -0.1) is 0 Å². The van der Waals surface area contributed by atoms with Crippen LogP contribution in [0.3, 0.4) is 0 Å². The van der Waals surface area contributed by atoms with E-state index in [1.807, 2.05) is 12.1 Å². The summed E-state index contributed by atoms with van der Waals surface area (Å²) in [6.07, 6.45) is 1.02. The Balaban J connectivity index is 2.74. The third-order valence-corrected chi connectivity index (χ3v) is 2.98. The minimum Gasteiger partial charge on any atom is -0.379 e. The first-order valence-corrected chi connectivity index (χ1v) is 6.70. The lowest BCUT2D eigenvalue weighted by atomic mass is 10.1. The Morgan fingerprint density at radius 1 is 1.29 bits per heavy atom. The molecule has 0 amide bonds. The average Bonchev–Trinajstić information content (AvgIpc) is 2.28. The zero-order valence-electron chi connectivity index (χ0n) is 10.3. The molecule has 0 aromatic heterocycles. The number of nitrogens with one attached hydrogen (secondary N) is 1. The molecule has 0 bridgehead atoms. The molecule has 1 rings (SSSR count). The summed E-state index contributed by atoms with van der Waals surface area (Å²) in [6.45, 7) is 6.43. The normalized spacial score (nSPS) is 12.7. The molecule has 0 aliphatic rings. The van der Waals surface area contributed by atoms with E-state index in [4.69, 9.17) is 27.9 Å². The summed E-state index contributed by atoms with van der Waals surface area (Å²) in [5, 5.41) is 4.71. The van der Waals surface area contributed by atoms with Crippen LogP contribution < -0.4 is 5.32 Å². The molecule has 0 spiro atoms. The van der Waals surface area contributed by atoms with E-state index in [2.05, 4.69) is 19.2 Å². The van der Waals surface area contributed by atoms with Crippen molar-refractivity contribution in [2.75, 3.05) is 19.8 Å². The molecule has 1 atom stereocenters. The molecular formula is C13H19Cl2NO. The van der Waals surface area contributed by atoms with Gasteiger partial charge >= 0.3 is 0 Å². The lowest BCUT2D eigenvalue weighted by Crippen LogP contribution is -2.25. The van der Waals surface area contributed by atoms with Gasteiger partial charge in [0.05, 0.1) is 12.6 Å². The Labute approximate surface area is 113 Å². The lowest BCUT2D eigenvalue weighted by molar-refractivity contribution is 0.112. The van der Waals surface area contributed by atoms with Crippen molar-refractivity contribution in [3.8, 4) is 0 Å². The van der Waals surface area contributed by atoms with E-state index in [1.165, 1.54) is 0 Å². The molecule has 0 fully saturated rings. The molecule has 2 nitrogen and oxygen atoms in total. The summed E-state index contributed by atoms with van der Waals surface area (Å²) in [6, 6.07) is 5.69. The van der Waals surface area contributed by atoms with Crippen molar-refractivity contribution in [2.24, 2.45) is 0 Å². The van der Waals surface area contributed by atoms with Gasteiger partial charge in [-0.25, -0.2) is 0 Å². The van der Waals surface area contributed by atoms with Crippen molar-refractivity contribution in [3.05, 3.63) is 33.8 Å². The molecule has 1 unspecified atom stereocenters. The van der Waals surface area contributed by atoms with Crippen molar-refractivity contribution in [2.45, 2.75) is 26.3 Å². The molecule has 0 radical (unpaired) electrons. The van der Waals surface area contributed by atoms with E-state index in [-0.39, 0.29) is 6.04 Å². The van der Waals surface area contributed by atoms with Gasteiger partial charge in [0.2, 0.25) is 0 Å². The second kappa shape index (κ2) is 7.93. The van der Waals surface area contributed by atoms with E-state index in [0.29, 0.717) is 16.7 Å². The molecule has 0 saturated carbocycles. The predicted octanol–water partition coefficient (Wildman–Crippen LogP) is 4.07. The number of benzene rings is 1. The minimum atomic E-state index is 0.122. The highest BCUT2D eigenvalue weighted by Gasteiger charge is 2.14. The Bertz CT molecular complexity index is 344. The SMILES string of the molecule is CCCOCC(NCC)c1ccc(Cl)cc1Cl. The molecule has 96 valence electrons. The highest BCUT2D eigenvalue weighted by Crippen LogP contribution is 2.26. The summed E-state index contributed by atoms with van der Waals surface area (Å²) < 4.78 is 5.58. The van der Waals surface area contributed by atoms with Gasteiger partial charge < -0.3 is 10.1 Å². The van der Waals surface area contributed by atoms with Gasteiger partial charge in [-0.3, -0.25) is 0 Å². The maximum Gasteiger partial charge on any atom is 0.0662 e. The third-order valence-electron chi connectivity index (χ3n) is 2.42. The lowest BCUT2D eigenvalue weighted by Gasteiger charge is -2.19. The van der Waals surface area contributed by atoms with Crippen LogP contribution in [0.5, 0.6) is 0 Å². The second-order valence-corrected chi connectivity index (χ2v) is 4.69. The first-order chi connectivity index (χ1) is 8.19. The molecule has 0 heterocycles. The van der Waals surface area contributed by atoms with E-state index < -0.39 is 0 Å². The summed E-state index contributed by atoms with van der Waals surface area (Å²) in [5.74, 6) is 0. The summed E-state index contributed by atoms with van der Waals surface area (Å²) in [5.41, 5.74) is 1.04. The maximum atomic E-state index is 6.19. The maximum absolute atomic E-state index is 6.19.